The zero-order valence-corrected chi connectivity index (χ0v) is 17.8. The average Bonchev–Trinajstić information content (AvgIpc) is 3.14. The van der Waals surface area contributed by atoms with Crippen LogP contribution in [0.15, 0.2) is 53.6 Å². The molecule has 0 radical (unpaired) electrons. The SMILES string of the molecule is CCCCC1(c2ccccc2)SC(c2cc(F)ccc2F)=NN1C(=O)[C@@H](C)CC. The van der Waals surface area contributed by atoms with Gasteiger partial charge < -0.3 is 0 Å². The minimum absolute atomic E-state index is 0.0891. The lowest BCUT2D eigenvalue weighted by atomic mass is 9.98. The van der Waals surface area contributed by atoms with Gasteiger partial charge in [0.1, 0.15) is 21.5 Å². The number of benzene rings is 2. The van der Waals surface area contributed by atoms with Gasteiger partial charge in [0.25, 0.3) is 0 Å². The fourth-order valence-electron chi connectivity index (χ4n) is 3.37. The molecular weight excluding hydrogens is 390 g/mol. The van der Waals surface area contributed by atoms with Crippen LogP contribution in [0, 0.1) is 17.6 Å². The Morgan fingerprint density at radius 2 is 1.90 bits per heavy atom. The van der Waals surface area contributed by atoms with Gasteiger partial charge in [-0.25, -0.2) is 13.8 Å². The second kappa shape index (κ2) is 9.08. The van der Waals surface area contributed by atoms with Crippen molar-refractivity contribution < 1.29 is 13.6 Å². The molecule has 1 aliphatic heterocycles. The molecule has 0 bridgehead atoms. The second-order valence-corrected chi connectivity index (χ2v) is 8.61. The van der Waals surface area contributed by atoms with Crippen molar-refractivity contribution in [3.8, 4) is 0 Å². The summed E-state index contributed by atoms with van der Waals surface area (Å²) in [5.74, 6) is -1.41. The highest BCUT2D eigenvalue weighted by molar-refractivity contribution is 8.15. The van der Waals surface area contributed by atoms with E-state index in [-0.39, 0.29) is 17.4 Å². The van der Waals surface area contributed by atoms with E-state index < -0.39 is 16.5 Å². The van der Waals surface area contributed by atoms with Crippen LogP contribution >= 0.6 is 11.8 Å². The van der Waals surface area contributed by atoms with Crippen molar-refractivity contribution in [3.05, 3.63) is 71.3 Å². The predicted molar refractivity (Wildman–Crippen MR) is 114 cm³/mol. The molecule has 6 heteroatoms. The summed E-state index contributed by atoms with van der Waals surface area (Å²) in [6.45, 7) is 5.92. The van der Waals surface area contributed by atoms with Gasteiger partial charge in [-0.05, 0) is 36.6 Å². The third-order valence-corrected chi connectivity index (χ3v) is 6.74. The van der Waals surface area contributed by atoms with Crippen molar-refractivity contribution in [2.75, 3.05) is 0 Å². The summed E-state index contributed by atoms with van der Waals surface area (Å²) in [5.41, 5.74) is 1.02. The Bertz CT molecular complexity index is 903. The number of unbranched alkanes of at least 4 members (excludes halogenated alkanes) is 1. The average molecular weight is 417 g/mol. The van der Waals surface area contributed by atoms with Crippen molar-refractivity contribution in [2.45, 2.75) is 51.3 Å². The summed E-state index contributed by atoms with van der Waals surface area (Å²) >= 11 is 1.34. The molecule has 3 rings (SSSR count). The molecule has 154 valence electrons. The Balaban J connectivity index is 2.15. The number of hydrogen-bond donors (Lipinski definition) is 0. The molecule has 3 nitrogen and oxygen atoms in total. The topological polar surface area (TPSA) is 32.7 Å². The Morgan fingerprint density at radius 3 is 2.55 bits per heavy atom. The van der Waals surface area contributed by atoms with Gasteiger partial charge in [-0.15, -0.1) is 0 Å². The maximum atomic E-state index is 14.5. The maximum absolute atomic E-state index is 14.5. The number of carbonyl (C=O) groups excluding carboxylic acids is 1. The summed E-state index contributed by atoms with van der Waals surface area (Å²) in [6.07, 6.45) is 3.17. The first-order valence-electron chi connectivity index (χ1n) is 10.1. The Morgan fingerprint density at radius 1 is 1.17 bits per heavy atom. The normalized spacial score (nSPS) is 19.9. The van der Waals surface area contributed by atoms with Crippen LogP contribution in [0.3, 0.4) is 0 Å². The van der Waals surface area contributed by atoms with E-state index in [1.807, 2.05) is 44.2 Å². The lowest BCUT2D eigenvalue weighted by molar-refractivity contribution is -0.138. The fraction of sp³-hybridized carbons (Fsp3) is 0.391. The van der Waals surface area contributed by atoms with Crippen LogP contribution in [0.4, 0.5) is 8.78 Å². The summed E-state index contributed by atoms with van der Waals surface area (Å²) in [4.78, 5) is 12.5. The molecule has 0 aliphatic carbocycles. The highest BCUT2D eigenvalue weighted by atomic mass is 32.2. The number of carbonyl (C=O) groups is 1. The standard InChI is InChI=1S/C23H26F2N2OS/c1-4-6-14-23(17-10-8-7-9-11-17)27(22(28)16(3)5-2)26-21(29-23)19-15-18(24)12-13-20(19)25/h7-13,15-16H,4-6,14H2,1-3H3/t16-,23?/m0/s1. The van der Waals surface area contributed by atoms with Gasteiger partial charge in [0.05, 0.1) is 0 Å². The summed E-state index contributed by atoms with van der Waals surface area (Å²) < 4.78 is 28.4. The maximum Gasteiger partial charge on any atom is 0.247 e. The molecule has 29 heavy (non-hydrogen) atoms. The first-order chi connectivity index (χ1) is 13.9. The molecule has 1 amide bonds. The van der Waals surface area contributed by atoms with Crippen LogP contribution in [0.25, 0.3) is 0 Å². The minimum Gasteiger partial charge on any atom is -0.273 e. The van der Waals surface area contributed by atoms with Crippen molar-refractivity contribution in [1.82, 2.24) is 5.01 Å². The van der Waals surface area contributed by atoms with E-state index in [1.54, 1.807) is 0 Å². The number of nitrogens with zero attached hydrogens (tertiary/aromatic N) is 2. The van der Waals surface area contributed by atoms with Crippen LogP contribution in [-0.2, 0) is 9.67 Å². The number of amides is 1. The van der Waals surface area contributed by atoms with E-state index >= 15 is 0 Å². The minimum atomic E-state index is -0.772. The van der Waals surface area contributed by atoms with E-state index in [0.29, 0.717) is 17.9 Å². The molecule has 0 fully saturated rings. The van der Waals surface area contributed by atoms with Gasteiger partial charge in [-0.2, -0.15) is 5.10 Å². The molecule has 0 aromatic heterocycles. The van der Waals surface area contributed by atoms with Crippen molar-refractivity contribution in [3.63, 3.8) is 0 Å². The molecular formula is C23H26F2N2OS. The van der Waals surface area contributed by atoms with E-state index in [2.05, 4.69) is 12.0 Å². The second-order valence-electron chi connectivity index (χ2n) is 7.34. The van der Waals surface area contributed by atoms with Crippen LogP contribution in [0.1, 0.15) is 57.6 Å². The zero-order valence-electron chi connectivity index (χ0n) is 17.0. The summed E-state index contributed by atoms with van der Waals surface area (Å²) in [7, 11) is 0. The first-order valence-corrected chi connectivity index (χ1v) is 10.9. The Labute approximate surface area is 175 Å². The van der Waals surface area contributed by atoms with Gasteiger partial charge in [0, 0.05) is 11.5 Å². The third kappa shape index (κ3) is 4.22. The van der Waals surface area contributed by atoms with E-state index in [1.165, 1.54) is 16.8 Å². The zero-order chi connectivity index (χ0) is 21.0. The Kier molecular flexibility index (Phi) is 6.73. The lowest BCUT2D eigenvalue weighted by Crippen LogP contribution is -2.43. The molecule has 2 atom stereocenters. The van der Waals surface area contributed by atoms with E-state index in [9.17, 15) is 13.6 Å². The van der Waals surface area contributed by atoms with Gasteiger partial charge in [-0.1, -0.05) is 75.7 Å². The highest BCUT2D eigenvalue weighted by Gasteiger charge is 2.49. The van der Waals surface area contributed by atoms with Gasteiger partial charge in [0.15, 0.2) is 0 Å². The molecule has 0 spiro atoms. The van der Waals surface area contributed by atoms with Gasteiger partial charge in [-0.3, -0.25) is 4.79 Å². The number of thioether (sulfide) groups is 1. The first kappa shape index (κ1) is 21.5. The van der Waals surface area contributed by atoms with Crippen molar-refractivity contribution in [2.24, 2.45) is 11.0 Å². The van der Waals surface area contributed by atoms with Crippen molar-refractivity contribution in [1.29, 1.82) is 0 Å². The number of rotatable bonds is 7. The summed E-state index contributed by atoms with van der Waals surface area (Å²) in [5, 5.41) is 6.43. The molecule has 1 unspecified atom stereocenters. The molecule has 0 N–H and O–H groups in total. The largest absolute Gasteiger partial charge is 0.273 e. The predicted octanol–water partition coefficient (Wildman–Crippen LogP) is 6.29. The van der Waals surface area contributed by atoms with E-state index in [0.717, 1.165) is 36.6 Å². The fourth-order valence-corrected chi connectivity index (χ4v) is 4.80. The smallest absolute Gasteiger partial charge is 0.247 e. The van der Waals surface area contributed by atoms with Crippen LogP contribution in [0.2, 0.25) is 0 Å². The molecule has 2 aromatic carbocycles. The van der Waals surface area contributed by atoms with Gasteiger partial charge >= 0.3 is 0 Å². The van der Waals surface area contributed by atoms with Crippen LogP contribution in [0.5, 0.6) is 0 Å². The van der Waals surface area contributed by atoms with E-state index in [4.69, 9.17) is 0 Å². The number of hydrogen-bond acceptors (Lipinski definition) is 3. The number of hydrazone groups is 1. The van der Waals surface area contributed by atoms with Crippen LogP contribution in [-0.4, -0.2) is 16.0 Å². The van der Waals surface area contributed by atoms with Crippen LogP contribution < -0.4 is 0 Å². The molecule has 1 heterocycles. The molecule has 0 saturated heterocycles. The molecule has 1 aliphatic rings. The van der Waals surface area contributed by atoms with Gasteiger partial charge in [0.2, 0.25) is 5.91 Å². The Hall–Kier alpha value is -2.21. The highest BCUT2D eigenvalue weighted by Crippen LogP contribution is 2.51. The number of halogens is 2. The molecule has 0 saturated carbocycles. The summed E-state index contributed by atoms with van der Waals surface area (Å²) in [6, 6.07) is 13.1. The molecule has 2 aromatic rings. The quantitative estimate of drug-likeness (QED) is 0.531. The third-order valence-electron chi connectivity index (χ3n) is 5.29. The monoisotopic (exact) mass is 416 g/mol. The van der Waals surface area contributed by atoms with Crippen molar-refractivity contribution >= 4 is 22.7 Å². The lowest BCUT2D eigenvalue weighted by Gasteiger charge is -2.37.